The van der Waals surface area contributed by atoms with Gasteiger partial charge in [-0.2, -0.15) is 5.26 Å². The lowest BCUT2D eigenvalue weighted by atomic mass is 9.32. The molecular formula is C30H48N2O2. The van der Waals surface area contributed by atoms with Gasteiger partial charge in [0.2, 0.25) is 0 Å². The fraction of sp³-hybridized carbons (Fsp3) is 0.900. The molecule has 4 nitrogen and oxygen atoms in total. The van der Waals surface area contributed by atoms with Crippen LogP contribution in [-0.4, -0.2) is 29.5 Å². The number of aliphatic hydroxyl groups excluding tert-OH is 2. The van der Waals surface area contributed by atoms with Crippen LogP contribution in [0.3, 0.4) is 0 Å². The predicted octanol–water partition coefficient (Wildman–Crippen LogP) is 5.44. The molecule has 0 heterocycles. The topological polar surface area (TPSA) is 90.3 Å². The molecule has 5 fully saturated rings. The Hall–Kier alpha value is -0.890. The van der Waals surface area contributed by atoms with Gasteiger partial charge in [0.15, 0.2) is 0 Å². The summed E-state index contributed by atoms with van der Waals surface area (Å²) in [5.41, 5.74) is 7.82. The third-order valence-electron chi connectivity index (χ3n) is 13.6. The van der Waals surface area contributed by atoms with Crippen molar-refractivity contribution in [2.75, 3.05) is 13.2 Å². The average molecular weight is 469 g/mol. The molecule has 0 aliphatic heterocycles. The summed E-state index contributed by atoms with van der Waals surface area (Å²) >= 11 is 0. The van der Waals surface area contributed by atoms with E-state index in [0.717, 1.165) is 44.1 Å². The molecule has 0 spiro atoms. The van der Waals surface area contributed by atoms with Gasteiger partial charge in [0, 0.05) is 11.5 Å². The lowest BCUT2D eigenvalue weighted by Crippen LogP contribution is -2.68. The van der Waals surface area contributed by atoms with Crippen molar-refractivity contribution < 1.29 is 10.2 Å². The number of nitrogens with two attached hydrogens (primary N) is 1. The van der Waals surface area contributed by atoms with Gasteiger partial charge in [-0.25, -0.2) is 0 Å². The number of nitrogens with zero attached hydrogens (tertiary/aromatic N) is 1. The van der Waals surface area contributed by atoms with Gasteiger partial charge >= 0.3 is 0 Å². The van der Waals surface area contributed by atoms with E-state index < -0.39 is 0 Å². The molecule has 0 radical (unpaired) electrons. The van der Waals surface area contributed by atoms with E-state index in [1.54, 1.807) is 0 Å². The van der Waals surface area contributed by atoms with E-state index in [4.69, 9.17) is 5.73 Å². The number of nitriles is 1. The third-order valence-corrected chi connectivity index (χ3v) is 13.6. The summed E-state index contributed by atoms with van der Waals surface area (Å²) in [6, 6.07) is 2.92. The number of rotatable bonds is 3. The van der Waals surface area contributed by atoms with E-state index in [1.165, 1.54) is 25.7 Å². The van der Waals surface area contributed by atoms with Gasteiger partial charge in [-0.1, -0.05) is 34.3 Å². The summed E-state index contributed by atoms with van der Waals surface area (Å²) in [5.74, 6) is 2.25. The maximum atomic E-state index is 10.5. The van der Waals surface area contributed by atoms with Crippen LogP contribution in [0.15, 0.2) is 12.2 Å². The minimum Gasteiger partial charge on any atom is -0.396 e. The molecule has 4 N–H and O–H groups in total. The zero-order valence-corrected chi connectivity index (χ0v) is 22.1. The van der Waals surface area contributed by atoms with Gasteiger partial charge in [0.25, 0.3) is 0 Å². The van der Waals surface area contributed by atoms with E-state index in [1.807, 2.05) is 0 Å². The zero-order valence-electron chi connectivity index (χ0n) is 22.1. The van der Waals surface area contributed by atoms with E-state index in [2.05, 4.69) is 40.3 Å². The first-order valence-electron chi connectivity index (χ1n) is 14.0. The molecule has 0 aromatic heterocycles. The molecule has 190 valence electrons. The first-order valence-corrected chi connectivity index (χ1v) is 14.0. The van der Waals surface area contributed by atoms with Crippen molar-refractivity contribution >= 4 is 0 Å². The summed E-state index contributed by atoms with van der Waals surface area (Å²) in [7, 11) is 0. The average Bonchev–Trinajstić information content (AvgIpc) is 3.22. The minimum atomic E-state index is -0.232. The van der Waals surface area contributed by atoms with Gasteiger partial charge in [0.05, 0.1) is 24.7 Å². The molecule has 0 amide bonds. The Labute approximate surface area is 207 Å². The molecule has 2 unspecified atom stereocenters. The van der Waals surface area contributed by atoms with Crippen molar-refractivity contribution in [2.24, 2.45) is 62.4 Å². The molecule has 5 rings (SSSR count). The smallest absolute Gasteiger partial charge is 0.0693 e. The molecule has 0 bridgehead atoms. The van der Waals surface area contributed by atoms with Crippen LogP contribution in [0.5, 0.6) is 0 Å². The number of fused-ring (bicyclic) bond motifs is 7. The Morgan fingerprint density at radius 2 is 1.65 bits per heavy atom. The van der Waals surface area contributed by atoms with E-state index in [9.17, 15) is 15.5 Å². The van der Waals surface area contributed by atoms with Crippen LogP contribution in [0.1, 0.15) is 91.9 Å². The fourth-order valence-corrected chi connectivity index (χ4v) is 11.4. The van der Waals surface area contributed by atoms with Gasteiger partial charge in [-0.15, -0.1) is 0 Å². The highest BCUT2D eigenvalue weighted by atomic mass is 16.3. The Bertz CT molecular complexity index is 897. The molecule has 5 aliphatic rings. The third kappa shape index (κ3) is 2.81. The summed E-state index contributed by atoms with van der Waals surface area (Å²) in [6.07, 6.45) is 11.1. The molecule has 11 atom stereocenters. The maximum Gasteiger partial charge on any atom is 0.0693 e. The van der Waals surface area contributed by atoms with E-state index >= 15 is 0 Å². The lowest BCUT2D eigenvalue weighted by molar-refractivity contribution is -0.239. The Morgan fingerprint density at radius 1 is 0.912 bits per heavy atom. The van der Waals surface area contributed by atoms with Gasteiger partial charge < -0.3 is 15.9 Å². The van der Waals surface area contributed by atoms with Gasteiger partial charge in [-0.05, 0) is 116 Å². The maximum absolute atomic E-state index is 10.5. The van der Waals surface area contributed by atoms with Crippen LogP contribution in [0, 0.1) is 68.0 Å². The highest BCUT2D eigenvalue weighted by molar-refractivity contribution is 5.25. The number of aliphatic hydroxyl groups is 2. The van der Waals surface area contributed by atoms with E-state index in [-0.39, 0.29) is 52.2 Å². The van der Waals surface area contributed by atoms with Gasteiger partial charge in [-0.3, -0.25) is 0 Å². The molecule has 5 aliphatic carbocycles. The van der Waals surface area contributed by atoms with Crippen molar-refractivity contribution in [1.82, 2.24) is 0 Å². The largest absolute Gasteiger partial charge is 0.396 e. The number of hydrogen-bond acceptors (Lipinski definition) is 4. The van der Waals surface area contributed by atoms with Crippen LogP contribution in [0.25, 0.3) is 0 Å². The van der Waals surface area contributed by atoms with Crippen LogP contribution < -0.4 is 5.73 Å². The van der Waals surface area contributed by atoms with Crippen molar-refractivity contribution in [3.63, 3.8) is 0 Å². The number of hydrogen-bond donors (Lipinski definition) is 3. The Morgan fingerprint density at radius 3 is 2.29 bits per heavy atom. The van der Waals surface area contributed by atoms with Crippen molar-refractivity contribution in [3.8, 4) is 6.07 Å². The first-order chi connectivity index (χ1) is 16.0. The normalized spacial score (nSPS) is 56.4. The minimum absolute atomic E-state index is 0.0474. The standard InChI is InChI=1S/C30H48N2O2/c1-19(16-33)20-8-13-30(17-31)15-14-28(4)21(25(20)30)6-7-23-26(2)11-10-24(32)27(3,18-34)22(26)9-12-29(23,28)5/h20-25,33-34H,1,6-16,18,32H2,2-5H3/t20-,21+,22+,23+,24?,25+,26-,27?,28+,29+,30+/m0/s1. The van der Waals surface area contributed by atoms with Crippen molar-refractivity contribution in [3.05, 3.63) is 12.2 Å². The zero-order chi connectivity index (χ0) is 24.7. The van der Waals surface area contributed by atoms with Crippen molar-refractivity contribution in [1.29, 1.82) is 5.26 Å². The second-order valence-electron chi connectivity index (χ2n) is 14.2. The molecular weight excluding hydrogens is 420 g/mol. The molecule has 5 saturated carbocycles. The van der Waals surface area contributed by atoms with Crippen LogP contribution in [-0.2, 0) is 0 Å². The highest BCUT2D eigenvalue weighted by Crippen LogP contribution is 2.77. The lowest BCUT2D eigenvalue weighted by Gasteiger charge is -2.72. The van der Waals surface area contributed by atoms with Gasteiger partial charge in [0.1, 0.15) is 0 Å². The molecule has 34 heavy (non-hydrogen) atoms. The van der Waals surface area contributed by atoms with Crippen LogP contribution >= 0.6 is 0 Å². The quantitative estimate of drug-likeness (QED) is 0.481. The molecule has 0 saturated heterocycles. The summed E-state index contributed by atoms with van der Waals surface area (Å²) in [4.78, 5) is 0. The second kappa shape index (κ2) is 7.80. The Balaban J connectivity index is 1.55. The SMILES string of the molecule is C=C(CO)[C@@H]1CC[C@]2(C#N)CC[C@]3(C)[C@H](CC[C@@H]4[C@@]5(C)CCC(N)C(C)(CO)[C@@H]5CC[C@]43C)[C@@H]12. The summed E-state index contributed by atoms with van der Waals surface area (Å²) < 4.78 is 0. The van der Waals surface area contributed by atoms with Crippen LogP contribution in [0.2, 0.25) is 0 Å². The fourth-order valence-electron chi connectivity index (χ4n) is 11.4. The predicted molar refractivity (Wildman–Crippen MR) is 135 cm³/mol. The monoisotopic (exact) mass is 468 g/mol. The summed E-state index contributed by atoms with van der Waals surface area (Å²) in [6.45, 7) is 14.5. The summed E-state index contributed by atoms with van der Waals surface area (Å²) in [5, 5.41) is 30.9. The second-order valence-corrected chi connectivity index (χ2v) is 14.2. The van der Waals surface area contributed by atoms with Crippen LogP contribution in [0.4, 0.5) is 0 Å². The van der Waals surface area contributed by atoms with E-state index in [0.29, 0.717) is 23.7 Å². The van der Waals surface area contributed by atoms with Crippen molar-refractivity contribution in [2.45, 2.75) is 97.9 Å². The molecule has 0 aromatic rings. The highest BCUT2D eigenvalue weighted by Gasteiger charge is 2.71. The molecule has 0 aromatic carbocycles. The first kappa shape index (κ1) is 24.8. The Kier molecular flexibility index (Phi) is 5.69. The molecule has 4 heteroatoms.